The molecule has 0 aromatic carbocycles. The van der Waals surface area contributed by atoms with E-state index in [4.69, 9.17) is 26.6 Å². The number of thiocarbonyl (C=S) groups is 1. The number of nitrogens with one attached hydrogen (secondary N) is 2. The first-order chi connectivity index (χ1) is 6.75. The van der Waals surface area contributed by atoms with Gasteiger partial charge in [-0.15, -0.1) is 0 Å². The molecular weight excluding hydrogens is 253 g/mol. The second-order valence-electron chi connectivity index (χ2n) is 3.41. The van der Waals surface area contributed by atoms with Crippen LogP contribution in [0.5, 0.6) is 0 Å². The van der Waals surface area contributed by atoms with Crippen LogP contribution in [0.1, 0.15) is 27.7 Å². The second kappa shape index (κ2) is 6.73. The lowest BCUT2D eigenvalue weighted by Gasteiger charge is -2.26. The fraction of sp³-hybridized carbons (Fsp3) is 0.857. The van der Waals surface area contributed by atoms with Crippen LogP contribution in [-0.4, -0.2) is 17.3 Å². The minimum absolute atomic E-state index is 0.0322. The molecule has 0 spiro atoms. The van der Waals surface area contributed by atoms with Gasteiger partial charge < -0.3 is 14.8 Å². The van der Waals surface area contributed by atoms with Gasteiger partial charge in [0.2, 0.25) is 0 Å². The molecule has 5 nitrogen and oxygen atoms in total. The highest BCUT2D eigenvalue weighted by Crippen LogP contribution is 2.45. The summed E-state index contributed by atoms with van der Waals surface area (Å²) in [6.07, 6.45) is -0.0644. The molecule has 0 unspecified atom stereocenters. The summed E-state index contributed by atoms with van der Waals surface area (Å²) in [4.78, 5) is 0. The van der Waals surface area contributed by atoms with Crippen molar-refractivity contribution in [1.29, 1.82) is 0 Å². The summed E-state index contributed by atoms with van der Waals surface area (Å²) >= 11 is 9.91. The smallest absolute Gasteiger partial charge is 0.279 e. The van der Waals surface area contributed by atoms with Gasteiger partial charge >= 0.3 is 0 Å². The van der Waals surface area contributed by atoms with Crippen LogP contribution in [-0.2, 0) is 20.9 Å². The van der Waals surface area contributed by atoms with E-state index >= 15 is 0 Å². The maximum Gasteiger partial charge on any atom is 0.279 e. The van der Waals surface area contributed by atoms with Crippen molar-refractivity contribution < 1.29 is 9.05 Å². The van der Waals surface area contributed by atoms with Gasteiger partial charge in [0.25, 0.3) is 6.64 Å². The lowest BCUT2D eigenvalue weighted by molar-refractivity contribution is 0.168. The fourth-order valence-corrected chi connectivity index (χ4v) is 3.58. The highest BCUT2D eigenvalue weighted by atomic mass is 32.5. The van der Waals surface area contributed by atoms with Crippen LogP contribution in [0, 0.1) is 0 Å². The summed E-state index contributed by atoms with van der Waals surface area (Å²) in [6.45, 7) is 4.95. The van der Waals surface area contributed by atoms with E-state index in [1.54, 1.807) is 0 Å². The number of rotatable bonds is 6. The Kier molecular flexibility index (Phi) is 6.83. The van der Waals surface area contributed by atoms with Gasteiger partial charge in [0.05, 0.1) is 12.2 Å². The van der Waals surface area contributed by atoms with E-state index in [0.717, 1.165) is 0 Å². The predicted octanol–water partition coefficient (Wildman–Crippen LogP) is 1.40. The quantitative estimate of drug-likeness (QED) is 0.383. The lowest BCUT2D eigenvalue weighted by atomic mass is 10.5. The Morgan fingerprint density at radius 3 is 1.87 bits per heavy atom. The van der Waals surface area contributed by atoms with Crippen LogP contribution in [0.4, 0.5) is 0 Å². The Bertz CT molecular complexity index is 247. The monoisotopic (exact) mass is 271 g/mol. The molecule has 0 aliphatic heterocycles. The van der Waals surface area contributed by atoms with Crippen molar-refractivity contribution in [3.05, 3.63) is 0 Å². The molecule has 0 aromatic heterocycles. The summed E-state index contributed by atoms with van der Waals surface area (Å²) in [7, 11) is 0. The SMILES string of the molecule is CC(C)OP(=S)(NNC(N)=S)OC(C)C. The molecule has 0 fully saturated rings. The van der Waals surface area contributed by atoms with Crippen molar-refractivity contribution in [3.63, 3.8) is 0 Å². The maximum atomic E-state index is 5.51. The summed E-state index contributed by atoms with van der Waals surface area (Å²) in [5.74, 6) is 0. The van der Waals surface area contributed by atoms with E-state index in [2.05, 4.69) is 22.8 Å². The van der Waals surface area contributed by atoms with Crippen molar-refractivity contribution in [3.8, 4) is 0 Å². The standard InChI is InChI=1S/C7H18N3O2PS2/c1-5(2)11-13(15,12-6(3)4)10-9-7(8)14/h5-6H,1-4H3,(H,10,15)(H3,8,9,14). The first-order valence-electron chi connectivity index (χ1n) is 4.54. The van der Waals surface area contributed by atoms with E-state index in [1.165, 1.54) is 0 Å². The summed E-state index contributed by atoms with van der Waals surface area (Å²) in [5.41, 5.74) is 7.83. The van der Waals surface area contributed by atoms with Crippen LogP contribution in [0.3, 0.4) is 0 Å². The first kappa shape index (κ1) is 15.2. The summed E-state index contributed by atoms with van der Waals surface area (Å²) in [6, 6.07) is 0. The number of nitrogens with two attached hydrogens (primary N) is 1. The van der Waals surface area contributed by atoms with E-state index in [9.17, 15) is 0 Å². The van der Waals surface area contributed by atoms with Crippen molar-refractivity contribution >= 4 is 35.8 Å². The number of hydrogen-bond donors (Lipinski definition) is 3. The summed E-state index contributed by atoms with van der Waals surface area (Å²) < 4.78 is 11.0. The Labute approximate surface area is 101 Å². The third-order valence-electron chi connectivity index (χ3n) is 1.02. The molecular formula is C7H18N3O2PS2. The molecule has 0 amide bonds. The maximum absolute atomic E-state index is 5.51. The zero-order chi connectivity index (χ0) is 12.1. The molecule has 0 atom stereocenters. The molecule has 8 heteroatoms. The van der Waals surface area contributed by atoms with Crippen molar-refractivity contribution in [2.45, 2.75) is 39.9 Å². The molecule has 0 aliphatic carbocycles. The van der Waals surface area contributed by atoms with Crippen molar-refractivity contribution in [2.75, 3.05) is 0 Å². The highest BCUT2D eigenvalue weighted by molar-refractivity contribution is 8.09. The van der Waals surface area contributed by atoms with E-state index in [-0.39, 0.29) is 17.3 Å². The van der Waals surface area contributed by atoms with Gasteiger partial charge in [-0.1, -0.05) is 0 Å². The molecule has 0 rings (SSSR count). The molecule has 90 valence electrons. The minimum atomic E-state index is -2.58. The van der Waals surface area contributed by atoms with Gasteiger partial charge in [-0.05, 0) is 51.7 Å². The molecule has 0 saturated carbocycles. The highest BCUT2D eigenvalue weighted by Gasteiger charge is 2.22. The third-order valence-corrected chi connectivity index (χ3v) is 3.69. The molecule has 0 radical (unpaired) electrons. The van der Waals surface area contributed by atoms with Crippen molar-refractivity contribution in [1.82, 2.24) is 10.6 Å². The average molecular weight is 271 g/mol. The number of hydrazine groups is 1. The molecule has 15 heavy (non-hydrogen) atoms. The molecule has 0 saturated heterocycles. The normalized spacial score (nSPS) is 12.1. The van der Waals surface area contributed by atoms with E-state index in [0.29, 0.717) is 0 Å². The Morgan fingerprint density at radius 2 is 1.60 bits per heavy atom. The van der Waals surface area contributed by atoms with Crippen molar-refractivity contribution in [2.24, 2.45) is 5.73 Å². The van der Waals surface area contributed by atoms with Gasteiger partial charge in [0.1, 0.15) is 0 Å². The third kappa shape index (κ3) is 8.07. The van der Waals surface area contributed by atoms with Gasteiger partial charge in [-0.25, -0.2) is 0 Å². The van der Waals surface area contributed by atoms with Gasteiger partial charge in [0, 0.05) is 0 Å². The predicted molar refractivity (Wildman–Crippen MR) is 69.8 cm³/mol. The zero-order valence-electron chi connectivity index (χ0n) is 9.31. The lowest BCUT2D eigenvalue weighted by Crippen LogP contribution is -2.40. The molecule has 0 heterocycles. The summed E-state index contributed by atoms with van der Waals surface area (Å²) in [5, 5.41) is 2.82. The largest absolute Gasteiger partial charge is 0.375 e. The molecule has 0 aromatic rings. The fourth-order valence-electron chi connectivity index (χ4n) is 0.756. The Morgan fingerprint density at radius 1 is 1.20 bits per heavy atom. The Hall–Kier alpha value is 0.220. The molecule has 4 N–H and O–H groups in total. The zero-order valence-corrected chi connectivity index (χ0v) is 11.8. The second-order valence-corrected chi connectivity index (χ2v) is 6.93. The first-order valence-corrected chi connectivity index (χ1v) is 7.59. The minimum Gasteiger partial charge on any atom is -0.375 e. The molecule has 0 aliphatic rings. The van der Waals surface area contributed by atoms with Crippen LogP contribution in [0.2, 0.25) is 0 Å². The van der Waals surface area contributed by atoms with Gasteiger partial charge in [0.15, 0.2) is 5.11 Å². The van der Waals surface area contributed by atoms with Crippen LogP contribution in [0.25, 0.3) is 0 Å². The number of hydrogen-bond acceptors (Lipinski definition) is 4. The average Bonchev–Trinajstić information content (AvgIpc) is 1.97. The Balaban J connectivity index is 4.40. The topological polar surface area (TPSA) is 68.5 Å². The van der Waals surface area contributed by atoms with Crippen LogP contribution < -0.4 is 16.4 Å². The van der Waals surface area contributed by atoms with Crippen LogP contribution >= 0.6 is 18.9 Å². The van der Waals surface area contributed by atoms with Gasteiger partial charge in [-0.2, -0.15) is 5.20 Å². The molecule has 0 bridgehead atoms. The van der Waals surface area contributed by atoms with E-state index in [1.807, 2.05) is 27.7 Å². The van der Waals surface area contributed by atoms with E-state index < -0.39 is 6.64 Å². The van der Waals surface area contributed by atoms with Gasteiger partial charge in [-0.3, -0.25) is 5.43 Å². The van der Waals surface area contributed by atoms with Crippen LogP contribution in [0.15, 0.2) is 0 Å².